The molecular formula is C30H29F3N2O5. The number of nitro benzene ring substituents is 1. The molecule has 210 valence electrons. The molecule has 7 nitrogen and oxygen atoms in total. The monoisotopic (exact) mass is 554 g/mol. The highest BCUT2D eigenvalue weighted by atomic mass is 19.4. The predicted molar refractivity (Wildman–Crippen MR) is 141 cm³/mol. The number of halogens is 3. The largest absolute Gasteiger partial charge is 0.450 e. The molecule has 0 atom stereocenters. The molecule has 2 aromatic carbocycles. The quantitative estimate of drug-likeness (QED) is 0.313. The van der Waals surface area contributed by atoms with E-state index < -0.39 is 28.3 Å². The van der Waals surface area contributed by atoms with Crippen LogP contribution in [0.5, 0.6) is 11.5 Å². The Morgan fingerprint density at radius 3 is 2.00 bits per heavy atom. The number of hydrogen-bond donors (Lipinski definition) is 1. The van der Waals surface area contributed by atoms with Gasteiger partial charge in [-0.1, -0.05) is 39.8 Å². The Labute approximate surface area is 229 Å². The molecule has 0 unspecified atom stereocenters. The first-order valence-corrected chi connectivity index (χ1v) is 13.0. The van der Waals surface area contributed by atoms with Crippen molar-refractivity contribution in [2.75, 3.05) is 0 Å². The molecule has 0 fully saturated rings. The molecular weight excluding hydrogens is 525 g/mol. The summed E-state index contributed by atoms with van der Waals surface area (Å²) < 4.78 is 45.2. The Hall–Kier alpha value is -3.95. The number of nitrogens with zero attached hydrogens (tertiary/aromatic N) is 1. The summed E-state index contributed by atoms with van der Waals surface area (Å²) in [5.74, 6) is -0.985. The number of carbonyl (C=O) groups is 2. The van der Waals surface area contributed by atoms with E-state index in [4.69, 9.17) is 4.74 Å². The van der Waals surface area contributed by atoms with Gasteiger partial charge in [0.15, 0.2) is 11.6 Å². The smallest absolute Gasteiger partial charge is 0.416 e. The van der Waals surface area contributed by atoms with Gasteiger partial charge >= 0.3 is 11.9 Å². The van der Waals surface area contributed by atoms with Crippen LogP contribution in [-0.4, -0.2) is 16.5 Å². The molecule has 0 saturated carbocycles. The number of nitro groups is 1. The first kappa shape index (κ1) is 27.6. The number of nitrogens with one attached hydrogen (secondary N) is 1. The number of hydrogen-bond acceptors (Lipinski definition) is 6. The molecule has 1 aliphatic heterocycles. The van der Waals surface area contributed by atoms with Crippen molar-refractivity contribution in [3.63, 3.8) is 0 Å². The number of dihydropyridines is 1. The highest BCUT2D eigenvalue weighted by molar-refractivity contribution is 6.06. The van der Waals surface area contributed by atoms with Crippen LogP contribution in [0.15, 0.2) is 65.0 Å². The Morgan fingerprint density at radius 1 is 0.900 bits per heavy atom. The number of allylic oxidation sites excluding steroid dienone is 4. The van der Waals surface area contributed by atoms with Crippen LogP contribution >= 0.6 is 0 Å². The number of alkyl halides is 3. The van der Waals surface area contributed by atoms with Crippen molar-refractivity contribution in [2.24, 2.45) is 10.8 Å². The third-order valence-electron chi connectivity index (χ3n) is 7.62. The molecule has 2 aromatic rings. The number of benzene rings is 2. The maximum absolute atomic E-state index is 13.5. The van der Waals surface area contributed by atoms with Crippen molar-refractivity contribution in [2.45, 2.75) is 65.5 Å². The topological polar surface area (TPSA) is 98.5 Å². The zero-order chi connectivity index (χ0) is 29.2. The molecule has 0 bridgehead atoms. The van der Waals surface area contributed by atoms with Crippen LogP contribution in [0.4, 0.5) is 18.9 Å². The lowest BCUT2D eigenvalue weighted by Gasteiger charge is -2.44. The van der Waals surface area contributed by atoms with Crippen LogP contribution in [0.3, 0.4) is 0 Å². The van der Waals surface area contributed by atoms with Gasteiger partial charge in [0, 0.05) is 47.4 Å². The molecule has 0 radical (unpaired) electrons. The number of carbonyl (C=O) groups excluding carboxylic acids is 2. The van der Waals surface area contributed by atoms with E-state index in [0.717, 1.165) is 23.5 Å². The zero-order valence-electron chi connectivity index (χ0n) is 22.6. The van der Waals surface area contributed by atoms with E-state index in [-0.39, 0.29) is 33.9 Å². The molecule has 0 saturated heterocycles. The van der Waals surface area contributed by atoms with Crippen LogP contribution in [-0.2, 0) is 15.8 Å². The minimum Gasteiger partial charge on any atom is -0.450 e. The van der Waals surface area contributed by atoms with Gasteiger partial charge in [0.05, 0.1) is 10.5 Å². The van der Waals surface area contributed by atoms with Crippen LogP contribution in [0.25, 0.3) is 0 Å². The molecule has 0 aromatic heterocycles. The van der Waals surface area contributed by atoms with Gasteiger partial charge in [-0.2, -0.15) is 13.2 Å². The SMILES string of the molecule is CC1(C)CC(=O)C2=C(C1)NC1=C(C(=O)CC(C)(C)C1)C2c1cccc(Oc2ccc(C(F)(F)F)cc2[N+](=O)[O-])c1. The van der Waals surface area contributed by atoms with Crippen molar-refractivity contribution in [1.82, 2.24) is 5.32 Å². The van der Waals surface area contributed by atoms with E-state index in [2.05, 4.69) is 5.32 Å². The lowest BCUT2D eigenvalue weighted by Crippen LogP contribution is -2.42. The van der Waals surface area contributed by atoms with Crippen LogP contribution in [0.1, 0.15) is 70.4 Å². The minimum atomic E-state index is -4.75. The molecule has 1 N–H and O–H groups in total. The fraction of sp³-hybridized carbons (Fsp3) is 0.400. The Balaban J connectivity index is 1.59. The van der Waals surface area contributed by atoms with Crippen molar-refractivity contribution in [3.05, 3.63) is 86.2 Å². The zero-order valence-corrected chi connectivity index (χ0v) is 22.6. The van der Waals surface area contributed by atoms with Crippen LogP contribution in [0.2, 0.25) is 0 Å². The maximum atomic E-state index is 13.5. The second-order valence-corrected chi connectivity index (χ2v) is 12.3. The highest BCUT2D eigenvalue weighted by Crippen LogP contribution is 2.51. The van der Waals surface area contributed by atoms with E-state index in [1.165, 1.54) is 6.07 Å². The average Bonchev–Trinajstić information content (AvgIpc) is 2.80. The van der Waals surface area contributed by atoms with E-state index in [0.29, 0.717) is 48.5 Å². The summed E-state index contributed by atoms with van der Waals surface area (Å²) in [5, 5.41) is 15.0. The Bertz CT molecular complexity index is 1470. The standard InChI is InChI=1S/C30H29F3N2O5/c1-28(2)12-19-26(22(36)14-28)25(27-20(34-19)13-29(3,4)15-23(27)37)16-6-5-7-18(10-16)40-24-9-8-17(30(31,32)33)11-21(24)35(38)39/h5-11,25,34H,12-15H2,1-4H3. The first-order chi connectivity index (χ1) is 18.5. The van der Waals surface area contributed by atoms with Gasteiger partial charge in [0.25, 0.3) is 0 Å². The van der Waals surface area contributed by atoms with Gasteiger partial charge in [0.2, 0.25) is 5.75 Å². The van der Waals surface area contributed by atoms with Gasteiger partial charge in [-0.25, -0.2) is 0 Å². The molecule has 0 amide bonds. The van der Waals surface area contributed by atoms with E-state index in [1.807, 2.05) is 27.7 Å². The van der Waals surface area contributed by atoms with Crippen molar-refractivity contribution < 1.29 is 32.4 Å². The minimum absolute atomic E-state index is 0.0577. The fourth-order valence-electron chi connectivity index (χ4n) is 6.03. The number of ether oxygens (including phenoxy) is 1. The lowest BCUT2D eigenvalue weighted by molar-refractivity contribution is -0.385. The summed E-state index contributed by atoms with van der Waals surface area (Å²) in [6, 6.07) is 8.58. The molecule has 5 rings (SSSR count). The number of ketones is 2. The third kappa shape index (κ3) is 5.14. The Kier molecular flexibility index (Phi) is 6.43. The fourth-order valence-corrected chi connectivity index (χ4v) is 6.03. The normalized spacial score (nSPS) is 20.6. The van der Waals surface area contributed by atoms with Gasteiger partial charge in [-0.15, -0.1) is 0 Å². The number of Topliss-reactive ketones (excluding diaryl/α,β-unsaturated/α-hetero) is 2. The van der Waals surface area contributed by atoms with Gasteiger partial charge < -0.3 is 10.1 Å². The van der Waals surface area contributed by atoms with E-state index in [9.17, 15) is 32.9 Å². The summed E-state index contributed by atoms with van der Waals surface area (Å²) in [6.07, 6.45) is -2.86. The molecule has 1 heterocycles. The Morgan fingerprint density at radius 2 is 1.48 bits per heavy atom. The highest BCUT2D eigenvalue weighted by Gasteiger charge is 2.46. The van der Waals surface area contributed by atoms with E-state index in [1.54, 1.807) is 18.2 Å². The predicted octanol–water partition coefficient (Wildman–Crippen LogP) is 7.38. The van der Waals surface area contributed by atoms with Crippen molar-refractivity contribution >= 4 is 17.3 Å². The second kappa shape index (κ2) is 9.31. The summed E-state index contributed by atoms with van der Waals surface area (Å²) in [7, 11) is 0. The van der Waals surface area contributed by atoms with Crippen LogP contribution < -0.4 is 10.1 Å². The summed E-state index contributed by atoms with van der Waals surface area (Å²) in [4.78, 5) is 37.7. The average molecular weight is 555 g/mol. The van der Waals surface area contributed by atoms with Gasteiger partial charge in [-0.3, -0.25) is 19.7 Å². The summed E-state index contributed by atoms with van der Waals surface area (Å²) >= 11 is 0. The molecule has 3 aliphatic rings. The summed E-state index contributed by atoms with van der Waals surface area (Å²) in [6.45, 7) is 8.10. The van der Waals surface area contributed by atoms with Crippen molar-refractivity contribution in [1.29, 1.82) is 0 Å². The lowest BCUT2D eigenvalue weighted by atomic mass is 9.64. The number of rotatable bonds is 4. The molecule has 10 heteroatoms. The first-order valence-electron chi connectivity index (χ1n) is 13.0. The molecule has 2 aliphatic carbocycles. The molecule has 40 heavy (non-hydrogen) atoms. The van der Waals surface area contributed by atoms with E-state index >= 15 is 0 Å². The maximum Gasteiger partial charge on any atom is 0.416 e. The molecule has 0 spiro atoms. The van der Waals surface area contributed by atoms with Gasteiger partial charge in [-0.05, 0) is 53.5 Å². The van der Waals surface area contributed by atoms with Gasteiger partial charge in [0.1, 0.15) is 5.75 Å². The van der Waals surface area contributed by atoms with Crippen molar-refractivity contribution in [3.8, 4) is 11.5 Å². The second-order valence-electron chi connectivity index (χ2n) is 12.3. The third-order valence-corrected chi connectivity index (χ3v) is 7.62. The summed E-state index contributed by atoms with van der Waals surface area (Å²) in [5.41, 5.74) is 0.735. The van der Waals surface area contributed by atoms with Crippen LogP contribution in [0, 0.1) is 20.9 Å².